The van der Waals surface area contributed by atoms with Gasteiger partial charge in [0.25, 0.3) is 0 Å². The molecule has 0 unspecified atom stereocenters. The van der Waals surface area contributed by atoms with Gasteiger partial charge in [-0.15, -0.1) is 0 Å². The van der Waals surface area contributed by atoms with Crippen molar-refractivity contribution in [3.8, 4) is 0 Å². The SMILES string of the molecule is CCC[C@@H](NS(=O)(=O)CCCOC)C(=O)O. The van der Waals surface area contributed by atoms with Crippen molar-refractivity contribution in [3.63, 3.8) is 0 Å². The van der Waals surface area contributed by atoms with Crippen LogP contribution in [0.25, 0.3) is 0 Å². The van der Waals surface area contributed by atoms with E-state index in [4.69, 9.17) is 9.84 Å². The number of aliphatic carboxylic acids is 1. The van der Waals surface area contributed by atoms with Crippen molar-refractivity contribution in [1.82, 2.24) is 4.72 Å². The number of sulfonamides is 1. The number of hydrogen-bond donors (Lipinski definition) is 2. The van der Waals surface area contributed by atoms with Gasteiger partial charge in [0.2, 0.25) is 10.0 Å². The average molecular weight is 253 g/mol. The number of hydrogen-bond acceptors (Lipinski definition) is 4. The van der Waals surface area contributed by atoms with E-state index >= 15 is 0 Å². The highest BCUT2D eigenvalue weighted by Gasteiger charge is 2.22. The maximum absolute atomic E-state index is 11.5. The number of carboxylic acid groups (broad SMARTS) is 1. The van der Waals surface area contributed by atoms with Gasteiger partial charge in [-0.1, -0.05) is 13.3 Å². The van der Waals surface area contributed by atoms with Crippen molar-refractivity contribution >= 4 is 16.0 Å². The van der Waals surface area contributed by atoms with Crippen molar-refractivity contribution in [2.24, 2.45) is 0 Å². The molecule has 1 atom stereocenters. The van der Waals surface area contributed by atoms with Crippen LogP contribution in [0.2, 0.25) is 0 Å². The van der Waals surface area contributed by atoms with Gasteiger partial charge in [-0.2, -0.15) is 0 Å². The summed E-state index contributed by atoms with van der Waals surface area (Å²) in [4.78, 5) is 10.7. The molecule has 6 nitrogen and oxygen atoms in total. The molecule has 0 amide bonds. The average Bonchev–Trinajstić information content (AvgIpc) is 2.17. The van der Waals surface area contributed by atoms with Crippen LogP contribution in [-0.4, -0.2) is 45.0 Å². The molecule has 2 N–H and O–H groups in total. The zero-order valence-corrected chi connectivity index (χ0v) is 10.4. The summed E-state index contributed by atoms with van der Waals surface area (Å²) in [5, 5.41) is 8.79. The molecule has 0 saturated carbocycles. The molecule has 0 aliphatic carbocycles. The molecule has 16 heavy (non-hydrogen) atoms. The number of methoxy groups -OCH3 is 1. The summed E-state index contributed by atoms with van der Waals surface area (Å²) < 4.78 is 29.8. The second-order valence-corrected chi connectivity index (χ2v) is 5.34. The zero-order chi connectivity index (χ0) is 12.6. The maximum Gasteiger partial charge on any atom is 0.321 e. The summed E-state index contributed by atoms with van der Waals surface area (Å²) >= 11 is 0. The highest BCUT2D eigenvalue weighted by Crippen LogP contribution is 2.00. The van der Waals surface area contributed by atoms with Crippen LogP contribution in [-0.2, 0) is 19.6 Å². The Balaban J connectivity index is 4.25. The third kappa shape index (κ3) is 6.76. The van der Waals surface area contributed by atoms with Gasteiger partial charge in [-0.05, 0) is 12.8 Å². The largest absolute Gasteiger partial charge is 0.480 e. The Morgan fingerprint density at radius 2 is 2.12 bits per heavy atom. The van der Waals surface area contributed by atoms with Crippen LogP contribution in [0.4, 0.5) is 0 Å². The van der Waals surface area contributed by atoms with Crippen LogP contribution in [0.3, 0.4) is 0 Å². The van der Waals surface area contributed by atoms with Crippen LogP contribution in [0.15, 0.2) is 0 Å². The fourth-order valence-electron chi connectivity index (χ4n) is 1.19. The normalized spacial score (nSPS) is 13.6. The predicted octanol–water partition coefficient (Wildman–Crippen LogP) is 0.196. The number of nitrogens with one attached hydrogen (secondary N) is 1. The molecule has 0 heterocycles. The molecule has 0 rings (SSSR count). The number of ether oxygens (including phenoxy) is 1. The molecule has 0 aromatic rings. The molecule has 7 heteroatoms. The molecule has 0 radical (unpaired) electrons. The lowest BCUT2D eigenvalue weighted by Crippen LogP contribution is -2.41. The quantitative estimate of drug-likeness (QED) is 0.572. The number of rotatable bonds is 9. The van der Waals surface area contributed by atoms with E-state index in [0.717, 1.165) is 0 Å². The predicted molar refractivity (Wildman–Crippen MR) is 59.7 cm³/mol. The first-order valence-electron chi connectivity index (χ1n) is 5.14. The topological polar surface area (TPSA) is 92.7 Å². The summed E-state index contributed by atoms with van der Waals surface area (Å²) in [5.74, 6) is -1.26. The summed E-state index contributed by atoms with van der Waals surface area (Å²) in [6, 6.07) is -1.03. The second-order valence-electron chi connectivity index (χ2n) is 3.46. The monoisotopic (exact) mass is 253 g/mol. The molecular weight excluding hydrogens is 234 g/mol. The van der Waals surface area contributed by atoms with Gasteiger partial charge in [0.1, 0.15) is 6.04 Å². The van der Waals surface area contributed by atoms with E-state index in [0.29, 0.717) is 25.9 Å². The van der Waals surface area contributed by atoms with E-state index in [2.05, 4.69) is 4.72 Å². The van der Waals surface area contributed by atoms with Gasteiger partial charge in [0.05, 0.1) is 5.75 Å². The highest BCUT2D eigenvalue weighted by molar-refractivity contribution is 7.89. The summed E-state index contributed by atoms with van der Waals surface area (Å²) in [6.45, 7) is 2.14. The van der Waals surface area contributed by atoms with Crippen molar-refractivity contribution in [2.45, 2.75) is 32.2 Å². The first kappa shape index (κ1) is 15.3. The Bertz CT molecular complexity index is 301. The fraction of sp³-hybridized carbons (Fsp3) is 0.889. The lowest BCUT2D eigenvalue weighted by atomic mass is 10.2. The summed E-state index contributed by atoms with van der Waals surface area (Å²) in [5.41, 5.74) is 0. The Kier molecular flexibility index (Phi) is 7.27. The summed E-state index contributed by atoms with van der Waals surface area (Å²) in [7, 11) is -2.05. The molecule has 0 aromatic heterocycles. The van der Waals surface area contributed by atoms with E-state index in [1.165, 1.54) is 7.11 Å². The van der Waals surface area contributed by atoms with Crippen LogP contribution in [0.1, 0.15) is 26.2 Å². The molecule has 0 fully saturated rings. The minimum absolute atomic E-state index is 0.117. The Morgan fingerprint density at radius 1 is 1.50 bits per heavy atom. The van der Waals surface area contributed by atoms with Crippen LogP contribution >= 0.6 is 0 Å². The van der Waals surface area contributed by atoms with E-state index in [1.807, 2.05) is 0 Å². The van der Waals surface area contributed by atoms with Crippen molar-refractivity contribution in [2.75, 3.05) is 19.5 Å². The Labute approximate surface area is 96.0 Å². The standard InChI is InChI=1S/C9H19NO5S/c1-3-5-8(9(11)12)10-16(13,14)7-4-6-15-2/h8,10H,3-7H2,1-2H3,(H,11,12)/t8-/m1/s1. The van der Waals surface area contributed by atoms with Gasteiger partial charge in [-0.25, -0.2) is 13.1 Å². The molecule has 0 saturated heterocycles. The molecule has 0 aliphatic rings. The third-order valence-corrected chi connectivity index (χ3v) is 3.43. The first-order chi connectivity index (χ1) is 7.43. The number of carboxylic acids is 1. The van der Waals surface area contributed by atoms with Crippen LogP contribution in [0, 0.1) is 0 Å². The van der Waals surface area contributed by atoms with E-state index in [1.54, 1.807) is 6.92 Å². The fourth-order valence-corrected chi connectivity index (χ4v) is 2.46. The molecule has 0 aromatic carbocycles. The van der Waals surface area contributed by atoms with Crippen LogP contribution in [0.5, 0.6) is 0 Å². The minimum Gasteiger partial charge on any atom is -0.480 e. The minimum atomic E-state index is -3.53. The first-order valence-corrected chi connectivity index (χ1v) is 6.80. The maximum atomic E-state index is 11.5. The van der Waals surface area contributed by atoms with Gasteiger partial charge < -0.3 is 9.84 Å². The van der Waals surface area contributed by atoms with Gasteiger partial charge >= 0.3 is 5.97 Å². The Morgan fingerprint density at radius 3 is 2.56 bits per heavy atom. The van der Waals surface area contributed by atoms with E-state index in [9.17, 15) is 13.2 Å². The molecule has 0 bridgehead atoms. The zero-order valence-electron chi connectivity index (χ0n) is 9.60. The molecule has 0 spiro atoms. The lowest BCUT2D eigenvalue weighted by molar-refractivity contribution is -0.139. The summed E-state index contributed by atoms with van der Waals surface area (Å²) in [6.07, 6.45) is 1.25. The highest BCUT2D eigenvalue weighted by atomic mass is 32.2. The van der Waals surface area contributed by atoms with Crippen molar-refractivity contribution in [1.29, 1.82) is 0 Å². The smallest absolute Gasteiger partial charge is 0.321 e. The van der Waals surface area contributed by atoms with Gasteiger partial charge in [0, 0.05) is 13.7 Å². The van der Waals surface area contributed by atoms with Crippen LogP contribution < -0.4 is 4.72 Å². The van der Waals surface area contributed by atoms with Crippen molar-refractivity contribution in [3.05, 3.63) is 0 Å². The molecular formula is C9H19NO5S. The van der Waals surface area contributed by atoms with Crippen molar-refractivity contribution < 1.29 is 23.1 Å². The second kappa shape index (κ2) is 7.59. The van der Waals surface area contributed by atoms with E-state index < -0.39 is 22.0 Å². The molecule has 96 valence electrons. The van der Waals surface area contributed by atoms with Gasteiger partial charge in [-0.3, -0.25) is 4.79 Å². The number of carbonyl (C=O) groups is 1. The van der Waals surface area contributed by atoms with Gasteiger partial charge in [0.15, 0.2) is 0 Å². The lowest BCUT2D eigenvalue weighted by Gasteiger charge is -2.13. The van der Waals surface area contributed by atoms with E-state index in [-0.39, 0.29) is 5.75 Å². The Hall–Kier alpha value is -0.660. The third-order valence-electron chi connectivity index (χ3n) is 1.96. The molecule has 0 aliphatic heterocycles.